The second-order valence-electron chi connectivity index (χ2n) is 5.98. The lowest BCUT2D eigenvalue weighted by atomic mass is 10.1. The van der Waals surface area contributed by atoms with E-state index < -0.39 is 0 Å². The zero-order chi connectivity index (χ0) is 17.1. The standard InChI is InChI=1S/C20H21NO3/c1-14(2)24-19-7-5-4-6-17(19)13-21-11-10-15-12-16(20(22)23-3)8-9-18(15)21/h4-12,14H,13H2,1-3H3. The highest BCUT2D eigenvalue weighted by atomic mass is 16.5. The predicted molar refractivity (Wildman–Crippen MR) is 94.6 cm³/mol. The van der Waals surface area contributed by atoms with E-state index in [1.807, 2.05) is 56.4 Å². The smallest absolute Gasteiger partial charge is 0.337 e. The van der Waals surface area contributed by atoms with Crippen LogP contribution in [0.2, 0.25) is 0 Å². The molecule has 1 heterocycles. The van der Waals surface area contributed by atoms with Gasteiger partial charge in [-0.25, -0.2) is 4.79 Å². The summed E-state index contributed by atoms with van der Waals surface area (Å²) in [6, 6.07) is 15.7. The molecule has 0 unspecified atom stereocenters. The molecule has 0 amide bonds. The van der Waals surface area contributed by atoms with Gasteiger partial charge in [-0.05, 0) is 44.2 Å². The maximum absolute atomic E-state index is 11.7. The van der Waals surface area contributed by atoms with E-state index in [1.165, 1.54) is 7.11 Å². The van der Waals surface area contributed by atoms with Gasteiger partial charge in [0.1, 0.15) is 5.75 Å². The molecule has 0 bridgehead atoms. The molecule has 1 aromatic heterocycles. The normalized spacial score (nSPS) is 11.0. The van der Waals surface area contributed by atoms with Crippen molar-refractivity contribution < 1.29 is 14.3 Å². The molecule has 3 rings (SSSR count). The van der Waals surface area contributed by atoms with Crippen molar-refractivity contribution in [1.29, 1.82) is 0 Å². The third kappa shape index (κ3) is 3.27. The van der Waals surface area contributed by atoms with E-state index in [2.05, 4.69) is 10.6 Å². The Kier molecular flexibility index (Phi) is 4.56. The van der Waals surface area contributed by atoms with E-state index in [9.17, 15) is 4.79 Å². The largest absolute Gasteiger partial charge is 0.491 e. The third-order valence-electron chi connectivity index (χ3n) is 3.87. The molecular weight excluding hydrogens is 302 g/mol. The molecule has 0 spiro atoms. The first-order valence-corrected chi connectivity index (χ1v) is 8.00. The van der Waals surface area contributed by atoms with Gasteiger partial charge in [0.2, 0.25) is 0 Å². The summed E-state index contributed by atoms with van der Waals surface area (Å²) >= 11 is 0. The van der Waals surface area contributed by atoms with Gasteiger partial charge in [-0.3, -0.25) is 0 Å². The van der Waals surface area contributed by atoms with Gasteiger partial charge in [0, 0.05) is 22.7 Å². The minimum atomic E-state index is -0.319. The molecule has 4 nitrogen and oxygen atoms in total. The number of benzene rings is 2. The molecule has 0 atom stereocenters. The van der Waals surface area contributed by atoms with Crippen molar-refractivity contribution >= 4 is 16.9 Å². The quantitative estimate of drug-likeness (QED) is 0.659. The monoisotopic (exact) mass is 323 g/mol. The van der Waals surface area contributed by atoms with Crippen molar-refractivity contribution in [3.05, 3.63) is 65.9 Å². The predicted octanol–water partition coefficient (Wildman–Crippen LogP) is 4.26. The lowest BCUT2D eigenvalue weighted by Gasteiger charge is -2.15. The zero-order valence-corrected chi connectivity index (χ0v) is 14.2. The highest BCUT2D eigenvalue weighted by Gasteiger charge is 2.10. The highest BCUT2D eigenvalue weighted by Crippen LogP contribution is 2.24. The number of para-hydroxylation sites is 1. The third-order valence-corrected chi connectivity index (χ3v) is 3.87. The number of nitrogens with zero attached hydrogens (tertiary/aromatic N) is 1. The first kappa shape index (κ1) is 16.1. The number of rotatable bonds is 5. The molecule has 0 aliphatic carbocycles. The summed E-state index contributed by atoms with van der Waals surface area (Å²) in [4.78, 5) is 11.7. The number of hydrogen-bond donors (Lipinski definition) is 0. The number of carbonyl (C=O) groups is 1. The van der Waals surface area contributed by atoms with Crippen molar-refractivity contribution in [2.24, 2.45) is 0 Å². The summed E-state index contributed by atoms with van der Waals surface area (Å²) < 4.78 is 12.8. The van der Waals surface area contributed by atoms with Gasteiger partial charge in [-0.1, -0.05) is 18.2 Å². The van der Waals surface area contributed by atoms with E-state index >= 15 is 0 Å². The van der Waals surface area contributed by atoms with Crippen molar-refractivity contribution in [2.75, 3.05) is 7.11 Å². The lowest BCUT2D eigenvalue weighted by Crippen LogP contribution is -2.09. The van der Waals surface area contributed by atoms with Crippen LogP contribution in [-0.4, -0.2) is 23.8 Å². The van der Waals surface area contributed by atoms with E-state index in [0.29, 0.717) is 12.1 Å². The van der Waals surface area contributed by atoms with Crippen molar-refractivity contribution in [2.45, 2.75) is 26.5 Å². The van der Waals surface area contributed by atoms with Crippen LogP contribution in [0.25, 0.3) is 10.9 Å². The van der Waals surface area contributed by atoms with Gasteiger partial charge >= 0.3 is 5.97 Å². The Labute approximate surface area is 141 Å². The van der Waals surface area contributed by atoms with Gasteiger partial charge in [0.05, 0.1) is 25.3 Å². The maximum atomic E-state index is 11.7. The molecule has 0 radical (unpaired) electrons. The molecule has 124 valence electrons. The Morgan fingerprint density at radius 2 is 1.92 bits per heavy atom. The lowest BCUT2D eigenvalue weighted by molar-refractivity contribution is 0.0601. The number of fused-ring (bicyclic) bond motifs is 1. The fourth-order valence-electron chi connectivity index (χ4n) is 2.77. The Balaban J connectivity index is 1.93. The first-order valence-electron chi connectivity index (χ1n) is 8.00. The average Bonchev–Trinajstić information content (AvgIpc) is 2.97. The fraction of sp³-hybridized carbons (Fsp3) is 0.250. The Morgan fingerprint density at radius 1 is 1.12 bits per heavy atom. The van der Waals surface area contributed by atoms with E-state index in [0.717, 1.165) is 22.2 Å². The number of esters is 1. The molecule has 3 aromatic rings. The number of methoxy groups -OCH3 is 1. The van der Waals surface area contributed by atoms with Gasteiger partial charge < -0.3 is 14.0 Å². The van der Waals surface area contributed by atoms with Crippen LogP contribution in [0.3, 0.4) is 0 Å². The summed E-state index contributed by atoms with van der Waals surface area (Å²) in [5, 5.41) is 1.01. The molecule has 0 fully saturated rings. The summed E-state index contributed by atoms with van der Waals surface area (Å²) in [6.07, 6.45) is 2.16. The second-order valence-corrected chi connectivity index (χ2v) is 5.98. The van der Waals surface area contributed by atoms with Crippen molar-refractivity contribution in [3.63, 3.8) is 0 Å². The van der Waals surface area contributed by atoms with E-state index in [4.69, 9.17) is 9.47 Å². The Bertz CT molecular complexity index is 864. The Morgan fingerprint density at radius 3 is 2.67 bits per heavy atom. The highest BCUT2D eigenvalue weighted by molar-refractivity contribution is 5.94. The second kappa shape index (κ2) is 6.79. The van der Waals surface area contributed by atoms with E-state index in [-0.39, 0.29) is 12.1 Å². The molecular formula is C20H21NO3. The molecule has 0 aliphatic rings. The zero-order valence-electron chi connectivity index (χ0n) is 14.2. The average molecular weight is 323 g/mol. The summed E-state index contributed by atoms with van der Waals surface area (Å²) in [7, 11) is 1.39. The van der Waals surface area contributed by atoms with Gasteiger partial charge in [-0.15, -0.1) is 0 Å². The van der Waals surface area contributed by atoms with Crippen molar-refractivity contribution in [1.82, 2.24) is 4.57 Å². The summed E-state index contributed by atoms with van der Waals surface area (Å²) in [5.74, 6) is 0.584. The van der Waals surface area contributed by atoms with E-state index in [1.54, 1.807) is 6.07 Å². The molecule has 2 aromatic carbocycles. The summed E-state index contributed by atoms with van der Waals surface area (Å²) in [6.45, 7) is 4.76. The first-order chi connectivity index (χ1) is 11.6. The van der Waals surface area contributed by atoms with Crippen LogP contribution >= 0.6 is 0 Å². The number of aromatic nitrogens is 1. The molecule has 0 saturated heterocycles. The minimum absolute atomic E-state index is 0.134. The number of carbonyl (C=O) groups excluding carboxylic acids is 1. The van der Waals surface area contributed by atoms with Crippen LogP contribution in [0, 0.1) is 0 Å². The fourth-order valence-corrected chi connectivity index (χ4v) is 2.77. The van der Waals surface area contributed by atoms with Crippen LogP contribution in [0.15, 0.2) is 54.7 Å². The van der Waals surface area contributed by atoms with Crippen LogP contribution in [-0.2, 0) is 11.3 Å². The minimum Gasteiger partial charge on any atom is -0.491 e. The number of hydrogen-bond acceptors (Lipinski definition) is 3. The van der Waals surface area contributed by atoms with Crippen LogP contribution in [0.4, 0.5) is 0 Å². The van der Waals surface area contributed by atoms with Crippen LogP contribution in [0.1, 0.15) is 29.8 Å². The van der Waals surface area contributed by atoms with Crippen LogP contribution < -0.4 is 4.74 Å². The van der Waals surface area contributed by atoms with Gasteiger partial charge in [-0.2, -0.15) is 0 Å². The van der Waals surface area contributed by atoms with Crippen molar-refractivity contribution in [3.8, 4) is 5.75 Å². The maximum Gasteiger partial charge on any atom is 0.337 e. The molecule has 4 heteroatoms. The topological polar surface area (TPSA) is 40.5 Å². The Hall–Kier alpha value is -2.75. The summed E-state index contributed by atoms with van der Waals surface area (Å²) in [5.41, 5.74) is 2.76. The van der Waals surface area contributed by atoms with Crippen LogP contribution in [0.5, 0.6) is 5.75 Å². The number of ether oxygens (including phenoxy) is 2. The van der Waals surface area contributed by atoms with Gasteiger partial charge in [0.25, 0.3) is 0 Å². The molecule has 0 saturated carbocycles. The molecule has 0 aliphatic heterocycles. The molecule has 0 N–H and O–H groups in total. The van der Waals surface area contributed by atoms with Gasteiger partial charge in [0.15, 0.2) is 0 Å². The molecule has 24 heavy (non-hydrogen) atoms. The SMILES string of the molecule is COC(=O)c1ccc2c(ccn2Cc2ccccc2OC(C)C)c1.